The molecule has 0 aromatic carbocycles. The number of amides is 2. The summed E-state index contributed by atoms with van der Waals surface area (Å²) in [4.78, 5) is 27.6. The second-order valence-corrected chi connectivity index (χ2v) is 7.26. The lowest BCUT2D eigenvalue weighted by atomic mass is 9.82. The largest absolute Gasteiger partial charge is 0.342 e. The van der Waals surface area contributed by atoms with Gasteiger partial charge in [0.05, 0.1) is 0 Å². The number of nitrogens with one attached hydrogen (secondary N) is 1. The number of nitrogens with zero attached hydrogens (tertiary/aromatic N) is 5. The van der Waals surface area contributed by atoms with E-state index >= 15 is 0 Å². The van der Waals surface area contributed by atoms with Gasteiger partial charge in [0.25, 0.3) is 5.91 Å². The standard InChI is InChI=1S/C18H24N6O2/c1-22-11-6-15(21-22)20-17(26)18(24-10-3-9-19-24)7-12-23(13-8-18)16(25)14-4-2-5-14/h3,6,9-11,14H,2,4-5,7-8,12-13H2,1H3,(H,20,21,26). The van der Waals surface area contributed by atoms with Crippen molar-refractivity contribution >= 4 is 17.6 Å². The maximum atomic E-state index is 13.2. The number of aromatic nitrogens is 4. The average Bonchev–Trinajstić information content (AvgIpc) is 3.25. The number of piperidine rings is 1. The van der Waals surface area contributed by atoms with E-state index in [9.17, 15) is 9.59 Å². The van der Waals surface area contributed by atoms with Gasteiger partial charge in [0.2, 0.25) is 5.91 Å². The second-order valence-electron chi connectivity index (χ2n) is 7.26. The molecule has 1 aliphatic heterocycles. The molecule has 26 heavy (non-hydrogen) atoms. The monoisotopic (exact) mass is 356 g/mol. The molecule has 1 saturated heterocycles. The highest BCUT2D eigenvalue weighted by atomic mass is 16.2. The molecule has 3 heterocycles. The van der Waals surface area contributed by atoms with E-state index < -0.39 is 5.54 Å². The highest BCUT2D eigenvalue weighted by Gasteiger charge is 2.45. The van der Waals surface area contributed by atoms with Crippen molar-refractivity contribution < 1.29 is 9.59 Å². The molecule has 2 aromatic heterocycles. The molecule has 0 spiro atoms. The summed E-state index contributed by atoms with van der Waals surface area (Å²) in [5.41, 5.74) is -0.794. The zero-order chi connectivity index (χ0) is 18.1. The zero-order valence-electron chi connectivity index (χ0n) is 15.0. The van der Waals surface area contributed by atoms with Crippen LogP contribution in [0.4, 0.5) is 5.82 Å². The van der Waals surface area contributed by atoms with E-state index in [0.717, 1.165) is 19.3 Å². The van der Waals surface area contributed by atoms with E-state index in [1.807, 2.05) is 24.2 Å². The average molecular weight is 356 g/mol. The van der Waals surface area contributed by atoms with Crippen LogP contribution in [0.25, 0.3) is 0 Å². The molecule has 8 heteroatoms. The van der Waals surface area contributed by atoms with Gasteiger partial charge in [-0.3, -0.25) is 19.0 Å². The van der Waals surface area contributed by atoms with Crippen LogP contribution in [0.5, 0.6) is 0 Å². The second kappa shape index (κ2) is 6.59. The summed E-state index contributed by atoms with van der Waals surface area (Å²) in [5.74, 6) is 0.831. The minimum absolute atomic E-state index is 0.129. The summed E-state index contributed by atoms with van der Waals surface area (Å²) in [5, 5.41) is 11.5. The van der Waals surface area contributed by atoms with Crippen LogP contribution in [0.2, 0.25) is 0 Å². The predicted octanol–water partition coefficient (Wildman–Crippen LogP) is 1.37. The number of hydrogen-bond acceptors (Lipinski definition) is 4. The van der Waals surface area contributed by atoms with E-state index in [4.69, 9.17) is 0 Å². The fourth-order valence-corrected chi connectivity index (χ4v) is 3.81. The third kappa shape index (κ3) is 2.89. The van der Waals surface area contributed by atoms with Crippen LogP contribution < -0.4 is 5.32 Å². The molecule has 1 saturated carbocycles. The van der Waals surface area contributed by atoms with Crippen LogP contribution in [0, 0.1) is 5.92 Å². The fourth-order valence-electron chi connectivity index (χ4n) is 3.81. The zero-order valence-corrected chi connectivity index (χ0v) is 15.0. The van der Waals surface area contributed by atoms with Crippen molar-refractivity contribution in [2.24, 2.45) is 13.0 Å². The number of rotatable bonds is 4. The first-order chi connectivity index (χ1) is 12.6. The van der Waals surface area contributed by atoms with E-state index in [0.29, 0.717) is 31.7 Å². The molecule has 0 unspecified atom stereocenters. The molecule has 0 bridgehead atoms. The van der Waals surface area contributed by atoms with Crippen molar-refractivity contribution in [1.29, 1.82) is 0 Å². The smallest absolute Gasteiger partial charge is 0.253 e. The van der Waals surface area contributed by atoms with Crippen molar-refractivity contribution in [3.63, 3.8) is 0 Å². The molecular weight excluding hydrogens is 332 g/mol. The first-order valence-corrected chi connectivity index (χ1v) is 9.18. The molecular formula is C18H24N6O2. The van der Waals surface area contributed by atoms with Gasteiger partial charge in [0, 0.05) is 50.7 Å². The predicted molar refractivity (Wildman–Crippen MR) is 95.2 cm³/mol. The maximum Gasteiger partial charge on any atom is 0.253 e. The molecule has 138 valence electrons. The molecule has 2 amide bonds. The summed E-state index contributed by atoms with van der Waals surface area (Å²) in [6.07, 6.45) is 9.53. The molecule has 8 nitrogen and oxygen atoms in total. The minimum atomic E-state index is -0.794. The quantitative estimate of drug-likeness (QED) is 0.897. The summed E-state index contributed by atoms with van der Waals surface area (Å²) in [6, 6.07) is 3.59. The Bertz CT molecular complexity index is 784. The highest BCUT2D eigenvalue weighted by Crippen LogP contribution is 2.34. The third-order valence-corrected chi connectivity index (χ3v) is 5.68. The van der Waals surface area contributed by atoms with Gasteiger partial charge < -0.3 is 10.2 Å². The van der Waals surface area contributed by atoms with Gasteiger partial charge in [0.1, 0.15) is 5.54 Å². The van der Waals surface area contributed by atoms with E-state index in [-0.39, 0.29) is 17.7 Å². The third-order valence-electron chi connectivity index (χ3n) is 5.68. The molecule has 1 aliphatic carbocycles. The number of anilines is 1. The van der Waals surface area contributed by atoms with Crippen molar-refractivity contribution in [1.82, 2.24) is 24.5 Å². The lowest BCUT2D eigenvalue weighted by molar-refractivity contribution is -0.143. The molecule has 1 N–H and O–H groups in total. The van der Waals surface area contributed by atoms with Crippen molar-refractivity contribution in [2.75, 3.05) is 18.4 Å². The van der Waals surface area contributed by atoms with Gasteiger partial charge in [-0.05, 0) is 31.7 Å². The van der Waals surface area contributed by atoms with Crippen LogP contribution >= 0.6 is 0 Å². The van der Waals surface area contributed by atoms with Crippen LogP contribution in [-0.2, 0) is 22.2 Å². The Kier molecular flexibility index (Phi) is 4.26. The van der Waals surface area contributed by atoms with Gasteiger partial charge in [-0.2, -0.15) is 10.2 Å². The first kappa shape index (κ1) is 16.8. The number of likely N-dealkylation sites (tertiary alicyclic amines) is 1. The lowest BCUT2D eigenvalue weighted by Gasteiger charge is -2.42. The van der Waals surface area contributed by atoms with Crippen molar-refractivity contribution in [3.05, 3.63) is 30.7 Å². The Labute approximate surface area is 152 Å². The van der Waals surface area contributed by atoms with Crippen molar-refractivity contribution in [2.45, 2.75) is 37.6 Å². The van der Waals surface area contributed by atoms with Gasteiger partial charge in [-0.1, -0.05) is 6.42 Å². The SMILES string of the molecule is Cn1ccc(NC(=O)C2(n3cccn3)CCN(C(=O)C3CCC3)CC2)n1. The Balaban J connectivity index is 1.52. The fraction of sp³-hybridized carbons (Fsp3) is 0.556. The Morgan fingerprint density at radius 2 is 2.00 bits per heavy atom. The molecule has 4 rings (SSSR count). The Morgan fingerprint density at radius 1 is 1.23 bits per heavy atom. The Morgan fingerprint density at radius 3 is 2.54 bits per heavy atom. The van der Waals surface area contributed by atoms with Crippen LogP contribution in [0.15, 0.2) is 30.7 Å². The summed E-state index contributed by atoms with van der Waals surface area (Å²) in [6.45, 7) is 1.15. The maximum absolute atomic E-state index is 13.2. The topological polar surface area (TPSA) is 85.0 Å². The van der Waals surface area contributed by atoms with Gasteiger partial charge in [-0.25, -0.2) is 0 Å². The van der Waals surface area contributed by atoms with E-state index in [2.05, 4.69) is 15.5 Å². The summed E-state index contributed by atoms with van der Waals surface area (Å²) >= 11 is 0. The number of carbonyl (C=O) groups excluding carboxylic acids is 2. The van der Waals surface area contributed by atoms with Gasteiger partial charge in [0.15, 0.2) is 5.82 Å². The van der Waals surface area contributed by atoms with Gasteiger partial charge in [-0.15, -0.1) is 0 Å². The van der Waals surface area contributed by atoms with Crippen LogP contribution in [0.1, 0.15) is 32.1 Å². The summed E-state index contributed by atoms with van der Waals surface area (Å²) in [7, 11) is 1.81. The molecule has 0 atom stereocenters. The molecule has 0 radical (unpaired) electrons. The lowest BCUT2D eigenvalue weighted by Crippen LogP contribution is -2.55. The molecule has 2 fully saturated rings. The van der Waals surface area contributed by atoms with E-state index in [1.54, 1.807) is 27.8 Å². The van der Waals surface area contributed by atoms with Crippen molar-refractivity contribution in [3.8, 4) is 0 Å². The molecule has 2 aromatic rings. The minimum Gasteiger partial charge on any atom is -0.342 e. The molecule has 2 aliphatic rings. The van der Waals surface area contributed by atoms with Crippen LogP contribution in [-0.4, -0.2) is 49.4 Å². The first-order valence-electron chi connectivity index (χ1n) is 9.18. The number of aryl methyl sites for hydroxylation is 1. The normalized spacial score (nSPS) is 19.8. The number of carbonyl (C=O) groups is 2. The Hall–Kier alpha value is -2.64. The van der Waals surface area contributed by atoms with Crippen LogP contribution in [0.3, 0.4) is 0 Å². The van der Waals surface area contributed by atoms with Gasteiger partial charge >= 0.3 is 0 Å². The summed E-state index contributed by atoms with van der Waals surface area (Å²) < 4.78 is 3.38. The van der Waals surface area contributed by atoms with E-state index in [1.165, 1.54) is 0 Å². The highest BCUT2D eigenvalue weighted by molar-refractivity contribution is 5.96. The number of hydrogen-bond donors (Lipinski definition) is 1.